The van der Waals surface area contributed by atoms with Gasteiger partial charge in [-0.25, -0.2) is 0 Å². The Morgan fingerprint density at radius 2 is 1.17 bits per heavy atom. The van der Waals surface area contributed by atoms with Gasteiger partial charge in [-0.1, -0.05) is 97.1 Å². The minimum Gasteiger partial charge on any atom is -0.316 e. The number of benzene rings is 6. The summed E-state index contributed by atoms with van der Waals surface area (Å²) in [5.74, 6) is 0.559. The average molecular weight is 531 g/mol. The van der Waals surface area contributed by atoms with Crippen molar-refractivity contribution in [3.8, 4) is 0 Å². The molecule has 41 heavy (non-hydrogen) atoms. The fourth-order valence-corrected chi connectivity index (χ4v) is 6.30. The Kier molecular flexibility index (Phi) is 7.07. The van der Waals surface area contributed by atoms with E-state index in [-0.39, 0.29) is 0 Å². The molecule has 0 spiro atoms. The highest BCUT2D eigenvalue weighted by Gasteiger charge is 2.20. The summed E-state index contributed by atoms with van der Waals surface area (Å²) < 4.78 is 0. The predicted molar refractivity (Wildman–Crippen MR) is 176 cm³/mol. The third-order valence-electron chi connectivity index (χ3n) is 8.28. The number of rotatable bonds is 6. The van der Waals surface area contributed by atoms with Crippen molar-refractivity contribution in [3.05, 3.63) is 150 Å². The standard InChI is InChI=1S/C39H34N2/c1-3-12-34(13-4-1)41(35-14-5-2-6-15-35)36-22-19-29(20-23-36)17-18-30-21-24-38-33(26-30)27-31-10-7-8-16-37(31)39(38)32-11-9-25-40-28-32/h1-8,10,12-24,26-27,32,40H,9,11,25,28H2. The van der Waals surface area contributed by atoms with E-state index in [1.807, 2.05) is 0 Å². The van der Waals surface area contributed by atoms with E-state index >= 15 is 0 Å². The van der Waals surface area contributed by atoms with Gasteiger partial charge in [0.1, 0.15) is 0 Å². The number of nitrogens with one attached hydrogen (secondary N) is 1. The first kappa shape index (κ1) is 25.3. The van der Waals surface area contributed by atoms with E-state index in [0.717, 1.165) is 30.2 Å². The summed E-state index contributed by atoms with van der Waals surface area (Å²) in [4.78, 5) is 2.29. The van der Waals surface area contributed by atoms with E-state index in [1.165, 1.54) is 51.1 Å². The fourth-order valence-electron chi connectivity index (χ4n) is 6.30. The number of hydrogen-bond acceptors (Lipinski definition) is 2. The summed E-state index contributed by atoms with van der Waals surface area (Å²) in [6.45, 7) is 2.19. The van der Waals surface area contributed by atoms with Crippen LogP contribution < -0.4 is 10.2 Å². The van der Waals surface area contributed by atoms with Crippen LogP contribution in [0, 0.1) is 0 Å². The topological polar surface area (TPSA) is 15.3 Å². The molecule has 1 fully saturated rings. The van der Waals surface area contributed by atoms with Crippen LogP contribution >= 0.6 is 0 Å². The monoisotopic (exact) mass is 530 g/mol. The van der Waals surface area contributed by atoms with Gasteiger partial charge in [0.05, 0.1) is 0 Å². The van der Waals surface area contributed by atoms with Crippen molar-refractivity contribution in [2.45, 2.75) is 18.8 Å². The van der Waals surface area contributed by atoms with Crippen molar-refractivity contribution in [1.82, 2.24) is 5.32 Å². The Morgan fingerprint density at radius 3 is 1.88 bits per heavy atom. The number of anilines is 3. The highest BCUT2D eigenvalue weighted by Crippen LogP contribution is 2.37. The zero-order valence-electron chi connectivity index (χ0n) is 23.2. The number of hydrogen-bond donors (Lipinski definition) is 1. The lowest BCUT2D eigenvalue weighted by Gasteiger charge is -2.26. The molecular formula is C39H34N2. The van der Waals surface area contributed by atoms with Crippen molar-refractivity contribution in [2.24, 2.45) is 0 Å². The highest BCUT2D eigenvalue weighted by atomic mass is 15.1. The highest BCUT2D eigenvalue weighted by molar-refractivity contribution is 6.03. The van der Waals surface area contributed by atoms with Gasteiger partial charge < -0.3 is 10.2 Å². The van der Waals surface area contributed by atoms with Crippen LogP contribution in [0.15, 0.2) is 133 Å². The maximum Gasteiger partial charge on any atom is 0.0462 e. The van der Waals surface area contributed by atoms with Crippen LogP contribution in [0.1, 0.15) is 35.4 Å². The lowest BCUT2D eigenvalue weighted by atomic mass is 9.84. The Morgan fingerprint density at radius 1 is 0.561 bits per heavy atom. The summed E-state index contributed by atoms with van der Waals surface area (Å²) in [5.41, 5.74) is 7.35. The summed E-state index contributed by atoms with van der Waals surface area (Å²) in [6.07, 6.45) is 6.94. The number of nitrogens with zero attached hydrogens (tertiary/aromatic N) is 1. The second-order valence-corrected chi connectivity index (χ2v) is 11.0. The summed E-state index contributed by atoms with van der Waals surface area (Å²) in [7, 11) is 0. The third kappa shape index (κ3) is 5.27. The van der Waals surface area contributed by atoms with Gasteiger partial charge in [0.15, 0.2) is 0 Å². The normalized spacial score (nSPS) is 15.5. The van der Waals surface area contributed by atoms with Gasteiger partial charge in [-0.05, 0) is 112 Å². The van der Waals surface area contributed by atoms with E-state index < -0.39 is 0 Å². The average Bonchev–Trinajstić information content (AvgIpc) is 3.05. The van der Waals surface area contributed by atoms with Crippen LogP contribution in [-0.2, 0) is 0 Å². The van der Waals surface area contributed by atoms with Gasteiger partial charge in [-0.3, -0.25) is 0 Å². The first-order chi connectivity index (χ1) is 20.3. The minimum atomic E-state index is 0.559. The van der Waals surface area contributed by atoms with E-state index in [2.05, 4.69) is 156 Å². The molecule has 0 aliphatic carbocycles. The van der Waals surface area contributed by atoms with Gasteiger partial charge >= 0.3 is 0 Å². The van der Waals surface area contributed by atoms with Crippen molar-refractivity contribution >= 4 is 50.8 Å². The van der Waals surface area contributed by atoms with Crippen LogP contribution in [-0.4, -0.2) is 13.1 Å². The molecule has 7 rings (SSSR count). The number of fused-ring (bicyclic) bond motifs is 2. The molecule has 0 aromatic heterocycles. The van der Waals surface area contributed by atoms with Gasteiger partial charge in [0.25, 0.3) is 0 Å². The third-order valence-corrected chi connectivity index (χ3v) is 8.28. The second kappa shape index (κ2) is 11.4. The molecule has 2 heteroatoms. The minimum absolute atomic E-state index is 0.559. The number of piperidine rings is 1. The molecule has 1 unspecified atom stereocenters. The molecule has 1 aliphatic heterocycles. The molecule has 6 aromatic rings. The molecule has 0 radical (unpaired) electrons. The predicted octanol–water partition coefficient (Wildman–Crippen LogP) is 10.1. The van der Waals surface area contributed by atoms with Crippen molar-refractivity contribution in [1.29, 1.82) is 0 Å². The maximum atomic E-state index is 3.63. The Hall–Kier alpha value is -4.66. The van der Waals surface area contributed by atoms with Gasteiger partial charge in [0, 0.05) is 23.6 Å². The SMILES string of the molecule is C(=Cc1ccc2c(C3CCCNC3)c3ccccc3cc2c1)c1ccc(N(c2ccccc2)c2ccccc2)cc1. The van der Waals surface area contributed by atoms with Gasteiger partial charge in [-0.2, -0.15) is 0 Å². The zero-order chi connectivity index (χ0) is 27.4. The largest absolute Gasteiger partial charge is 0.316 e. The van der Waals surface area contributed by atoms with Crippen LogP contribution in [0.3, 0.4) is 0 Å². The van der Waals surface area contributed by atoms with E-state index in [1.54, 1.807) is 0 Å². The molecule has 6 aromatic carbocycles. The molecule has 1 N–H and O–H groups in total. The molecule has 2 nitrogen and oxygen atoms in total. The van der Waals surface area contributed by atoms with Crippen molar-refractivity contribution in [2.75, 3.05) is 18.0 Å². The van der Waals surface area contributed by atoms with Crippen LogP contribution in [0.2, 0.25) is 0 Å². The van der Waals surface area contributed by atoms with Crippen molar-refractivity contribution in [3.63, 3.8) is 0 Å². The quantitative estimate of drug-likeness (QED) is 0.170. The van der Waals surface area contributed by atoms with Crippen molar-refractivity contribution < 1.29 is 0 Å². The summed E-state index contributed by atoms with van der Waals surface area (Å²) >= 11 is 0. The molecule has 0 bridgehead atoms. The van der Waals surface area contributed by atoms with Gasteiger partial charge in [-0.15, -0.1) is 0 Å². The van der Waals surface area contributed by atoms with E-state index in [9.17, 15) is 0 Å². The van der Waals surface area contributed by atoms with Crippen LogP contribution in [0.25, 0.3) is 33.7 Å². The molecule has 0 saturated carbocycles. The molecule has 1 heterocycles. The zero-order valence-corrected chi connectivity index (χ0v) is 23.2. The summed E-state index contributed by atoms with van der Waals surface area (Å²) in [5, 5.41) is 9.07. The van der Waals surface area contributed by atoms with Crippen LogP contribution in [0.4, 0.5) is 17.1 Å². The van der Waals surface area contributed by atoms with Gasteiger partial charge in [0.2, 0.25) is 0 Å². The van der Waals surface area contributed by atoms with E-state index in [4.69, 9.17) is 0 Å². The molecular weight excluding hydrogens is 496 g/mol. The fraction of sp³-hybridized carbons (Fsp3) is 0.128. The Bertz CT molecular complexity index is 1760. The maximum absolute atomic E-state index is 3.63. The van der Waals surface area contributed by atoms with Crippen LogP contribution in [0.5, 0.6) is 0 Å². The molecule has 1 saturated heterocycles. The first-order valence-electron chi connectivity index (χ1n) is 14.7. The molecule has 200 valence electrons. The van der Waals surface area contributed by atoms with E-state index in [0.29, 0.717) is 5.92 Å². The lowest BCUT2D eigenvalue weighted by Crippen LogP contribution is -2.28. The smallest absolute Gasteiger partial charge is 0.0462 e. The Labute approximate surface area is 242 Å². The first-order valence-corrected chi connectivity index (χ1v) is 14.7. The molecule has 1 atom stereocenters. The molecule has 1 aliphatic rings. The summed E-state index contributed by atoms with van der Waals surface area (Å²) in [6, 6.07) is 48.1. The number of para-hydroxylation sites is 2. The lowest BCUT2D eigenvalue weighted by molar-refractivity contribution is 0.465. The second-order valence-electron chi connectivity index (χ2n) is 11.0. The Balaban J connectivity index is 1.19. The molecule has 0 amide bonds.